The standard InChI is InChI=1S/C10H10N2OS/c11-4-9-3-8(1-2-12-9)7-14-10-5-13-6-10/h1-3,10H,5-7H2. The summed E-state index contributed by atoms with van der Waals surface area (Å²) < 4.78 is 5.08. The van der Waals surface area contributed by atoms with E-state index in [1.165, 1.54) is 0 Å². The topological polar surface area (TPSA) is 45.9 Å². The first-order valence-corrected chi connectivity index (χ1v) is 5.48. The monoisotopic (exact) mass is 206 g/mol. The van der Waals surface area contributed by atoms with Crippen LogP contribution < -0.4 is 0 Å². The summed E-state index contributed by atoms with van der Waals surface area (Å²) in [6, 6.07) is 5.83. The number of nitriles is 1. The number of nitrogens with zero attached hydrogens (tertiary/aromatic N) is 2. The van der Waals surface area contributed by atoms with E-state index < -0.39 is 0 Å². The Labute approximate surface area is 87.1 Å². The van der Waals surface area contributed by atoms with Crippen molar-refractivity contribution in [3.8, 4) is 6.07 Å². The van der Waals surface area contributed by atoms with Gasteiger partial charge < -0.3 is 4.74 Å². The maximum absolute atomic E-state index is 8.66. The Morgan fingerprint density at radius 2 is 2.50 bits per heavy atom. The van der Waals surface area contributed by atoms with Crippen LogP contribution in [0.15, 0.2) is 18.3 Å². The fraction of sp³-hybridized carbons (Fsp3) is 0.400. The highest BCUT2D eigenvalue weighted by molar-refractivity contribution is 7.99. The zero-order chi connectivity index (χ0) is 9.80. The molecule has 0 aromatic carbocycles. The largest absolute Gasteiger partial charge is 0.379 e. The van der Waals surface area contributed by atoms with Crippen molar-refractivity contribution in [2.75, 3.05) is 13.2 Å². The molecule has 4 heteroatoms. The van der Waals surface area contributed by atoms with Crippen LogP contribution in [0.25, 0.3) is 0 Å². The van der Waals surface area contributed by atoms with E-state index in [-0.39, 0.29) is 0 Å². The lowest BCUT2D eigenvalue weighted by Gasteiger charge is -2.25. The fourth-order valence-electron chi connectivity index (χ4n) is 1.15. The molecule has 0 radical (unpaired) electrons. The molecule has 0 aliphatic carbocycles. The highest BCUT2D eigenvalue weighted by atomic mass is 32.2. The van der Waals surface area contributed by atoms with Crippen LogP contribution in [0.2, 0.25) is 0 Å². The molecule has 1 aromatic heterocycles. The van der Waals surface area contributed by atoms with Crippen molar-refractivity contribution >= 4 is 11.8 Å². The van der Waals surface area contributed by atoms with E-state index in [0.717, 1.165) is 24.5 Å². The molecule has 1 aliphatic heterocycles. The van der Waals surface area contributed by atoms with Crippen LogP contribution in [-0.2, 0) is 10.5 Å². The van der Waals surface area contributed by atoms with Gasteiger partial charge in [-0.3, -0.25) is 0 Å². The second-order valence-corrected chi connectivity index (χ2v) is 4.42. The summed E-state index contributed by atoms with van der Waals surface area (Å²) in [5.74, 6) is 0.936. The third-order valence-corrected chi connectivity index (χ3v) is 3.28. The Morgan fingerprint density at radius 3 is 3.14 bits per heavy atom. The maximum atomic E-state index is 8.66. The predicted octanol–water partition coefficient (Wildman–Crippen LogP) is 1.59. The van der Waals surface area contributed by atoms with E-state index in [1.807, 2.05) is 30.0 Å². The van der Waals surface area contributed by atoms with Crippen LogP contribution in [0, 0.1) is 11.3 Å². The second-order valence-electron chi connectivity index (χ2n) is 3.13. The molecule has 1 saturated heterocycles. The summed E-state index contributed by atoms with van der Waals surface area (Å²) in [7, 11) is 0. The molecular formula is C10H10N2OS. The quantitative estimate of drug-likeness (QED) is 0.753. The SMILES string of the molecule is N#Cc1cc(CSC2COC2)ccn1. The number of rotatable bonds is 3. The molecule has 0 N–H and O–H groups in total. The number of thioether (sulfide) groups is 1. The van der Waals surface area contributed by atoms with Gasteiger partial charge in [0.15, 0.2) is 0 Å². The molecule has 1 fully saturated rings. The normalized spacial score (nSPS) is 15.9. The zero-order valence-electron chi connectivity index (χ0n) is 7.64. The molecule has 0 spiro atoms. The van der Waals surface area contributed by atoms with Gasteiger partial charge in [0, 0.05) is 11.9 Å². The molecule has 2 heterocycles. The van der Waals surface area contributed by atoms with Crippen LogP contribution in [-0.4, -0.2) is 23.4 Å². The van der Waals surface area contributed by atoms with Crippen LogP contribution in [0.3, 0.4) is 0 Å². The fourth-order valence-corrected chi connectivity index (χ4v) is 2.14. The number of ether oxygens (including phenoxy) is 1. The van der Waals surface area contributed by atoms with E-state index in [4.69, 9.17) is 10.00 Å². The summed E-state index contributed by atoms with van der Waals surface area (Å²) in [5, 5.41) is 9.29. The smallest absolute Gasteiger partial charge is 0.140 e. The van der Waals surface area contributed by atoms with Gasteiger partial charge in [-0.25, -0.2) is 4.98 Å². The average Bonchev–Trinajstić information content (AvgIpc) is 2.16. The molecule has 0 bridgehead atoms. The number of aromatic nitrogens is 1. The summed E-state index contributed by atoms with van der Waals surface area (Å²) in [6.07, 6.45) is 1.69. The lowest BCUT2D eigenvalue weighted by Crippen LogP contribution is -2.30. The third-order valence-electron chi connectivity index (χ3n) is 2.03. The average molecular weight is 206 g/mol. The first kappa shape index (κ1) is 9.50. The Kier molecular flexibility index (Phi) is 3.02. The lowest BCUT2D eigenvalue weighted by atomic mass is 10.2. The zero-order valence-corrected chi connectivity index (χ0v) is 8.46. The minimum atomic E-state index is 0.493. The molecule has 0 amide bonds. The van der Waals surface area contributed by atoms with Crippen LogP contribution in [0.4, 0.5) is 0 Å². The van der Waals surface area contributed by atoms with Gasteiger partial charge >= 0.3 is 0 Å². The van der Waals surface area contributed by atoms with E-state index in [0.29, 0.717) is 10.9 Å². The third kappa shape index (κ3) is 2.25. The van der Waals surface area contributed by atoms with Crippen molar-refractivity contribution in [3.63, 3.8) is 0 Å². The van der Waals surface area contributed by atoms with Gasteiger partial charge in [-0.1, -0.05) is 0 Å². The summed E-state index contributed by atoms with van der Waals surface area (Å²) in [4.78, 5) is 3.92. The highest BCUT2D eigenvalue weighted by Gasteiger charge is 2.18. The second kappa shape index (κ2) is 4.45. The van der Waals surface area contributed by atoms with Crippen molar-refractivity contribution in [1.82, 2.24) is 4.98 Å². The Hall–Kier alpha value is -1.05. The number of hydrogen-bond donors (Lipinski definition) is 0. The molecular weight excluding hydrogens is 196 g/mol. The Bertz CT molecular complexity index is 357. The molecule has 14 heavy (non-hydrogen) atoms. The van der Waals surface area contributed by atoms with Gasteiger partial charge in [-0.05, 0) is 17.7 Å². The summed E-state index contributed by atoms with van der Waals surface area (Å²) in [6.45, 7) is 1.72. The molecule has 2 rings (SSSR count). The van der Waals surface area contributed by atoms with E-state index in [9.17, 15) is 0 Å². The van der Waals surface area contributed by atoms with E-state index >= 15 is 0 Å². The molecule has 0 unspecified atom stereocenters. The van der Waals surface area contributed by atoms with Crippen LogP contribution in [0.5, 0.6) is 0 Å². The Balaban J connectivity index is 1.91. The van der Waals surface area contributed by atoms with Crippen molar-refractivity contribution in [1.29, 1.82) is 5.26 Å². The van der Waals surface area contributed by atoms with Crippen molar-refractivity contribution in [2.45, 2.75) is 11.0 Å². The molecule has 1 aliphatic rings. The first-order chi connectivity index (χ1) is 6.88. The van der Waals surface area contributed by atoms with Crippen LogP contribution >= 0.6 is 11.8 Å². The van der Waals surface area contributed by atoms with Crippen molar-refractivity contribution in [3.05, 3.63) is 29.6 Å². The molecule has 0 atom stereocenters. The van der Waals surface area contributed by atoms with Gasteiger partial charge in [-0.15, -0.1) is 11.8 Å². The van der Waals surface area contributed by atoms with E-state index in [1.54, 1.807) is 6.20 Å². The highest BCUT2D eigenvalue weighted by Crippen LogP contribution is 2.23. The van der Waals surface area contributed by atoms with Crippen molar-refractivity contribution in [2.24, 2.45) is 0 Å². The molecule has 3 nitrogen and oxygen atoms in total. The Morgan fingerprint density at radius 1 is 1.64 bits per heavy atom. The minimum absolute atomic E-state index is 0.493. The molecule has 1 aromatic rings. The van der Waals surface area contributed by atoms with Gasteiger partial charge in [-0.2, -0.15) is 5.26 Å². The van der Waals surface area contributed by atoms with E-state index in [2.05, 4.69) is 4.98 Å². The summed E-state index contributed by atoms with van der Waals surface area (Å²) in [5.41, 5.74) is 1.65. The number of hydrogen-bond acceptors (Lipinski definition) is 4. The summed E-state index contributed by atoms with van der Waals surface area (Å²) >= 11 is 1.87. The van der Waals surface area contributed by atoms with Gasteiger partial charge in [0.05, 0.1) is 18.5 Å². The predicted molar refractivity (Wildman–Crippen MR) is 54.9 cm³/mol. The van der Waals surface area contributed by atoms with Crippen LogP contribution in [0.1, 0.15) is 11.3 Å². The van der Waals surface area contributed by atoms with Gasteiger partial charge in [0.1, 0.15) is 11.8 Å². The van der Waals surface area contributed by atoms with Gasteiger partial charge in [0.2, 0.25) is 0 Å². The molecule has 0 saturated carbocycles. The first-order valence-electron chi connectivity index (χ1n) is 4.43. The van der Waals surface area contributed by atoms with Gasteiger partial charge in [0.25, 0.3) is 0 Å². The van der Waals surface area contributed by atoms with Crippen molar-refractivity contribution < 1.29 is 4.74 Å². The number of pyridine rings is 1. The minimum Gasteiger partial charge on any atom is -0.379 e. The molecule has 72 valence electrons. The maximum Gasteiger partial charge on any atom is 0.140 e. The lowest BCUT2D eigenvalue weighted by molar-refractivity contribution is 0.0455.